The Balaban J connectivity index is 2.54. The van der Waals surface area contributed by atoms with Crippen molar-refractivity contribution in [3.63, 3.8) is 0 Å². The molecule has 0 saturated carbocycles. The Hall–Kier alpha value is -2.22. The molecule has 1 aromatic heterocycles. The van der Waals surface area contributed by atoms with Crippen LogP contribution < -0.4 is 11.1 Å². The molecule has 1 heterocycles. The molecule has 0 unspecified atom stereocenters. The number of hydrogen-bond acceptors (Lipinski definition) is 6. The predicted octanol–water partition coefficient (Wildman–Crippen LogP) is 1.12. The molecule has 0 spiro atoms. The number of amides is 1. The molecule has 0 fully saturated rings. The quantitative estimate of drug-likeness (QED) is 0.418. The molecule has 1 aromatic rings. The van der Waals surface area contributed by atoms with E-state index in [-0.39, 0.29) is 17.1 Å². The summed E-state index contributed by atoms with van der Waals surface area (Å²) >= 11 is 0. The van der Waals surface area contributed by atoms with E-state index in [1.54, 1.807) is 7.11 Å². The van der Waals surface area contributed by atoms with Crippen molar-refractivity contribution in [1.29, 1.82) is 0 Å². The van der Waals surface area contributed by atoms with Crippen molar-refractivity contribution in [1.82, 2.24) is 10.3 Å². The van der Waals surface area contributed by atoms with E-state index in [1.807, 2.05) is 0 Å². The number of nitrogen functional groups attached to an aromatic ring is 1. The molecule has 0 aromatic carbocycles. The molecule has 1 amide bonds. The monoisotopic (exact) mass is 282 g/mol. The van der Waals surface area contributed by atoms with Crippen LogP contribution in [0.2, 0.25) is 0 Å². The van der Waals surface area contributed by atoms with Gasteiger partial charge in [-0.05, 0) is 25.3 Å². The van der Waals surface area contributed by atoms with E-state index in [2.05, 4.69) is 10.3 Å². The molecule has 110 valence electrons. The fraction of sp³-hybridized carbons (Fsp3) is 0.500. The second kappa shape index (κ2) is 8.05. The van der Waals surface area contributed by atoms with Crippen LogP contribution in [0.4, 0.5) is 11.5 Å². The number of methoxy groups -OCH3 is 1. The van der Waals surface area contributed by atoms with Crippen molar-refractivity contribution in [3.05, 3.63) is 27.9 Å². The number of anilines is 1. The van der Waals surface area contributed by atoms with E-state index in [0.29, 0.717) is 13.2 Å². The highest BCUT2D eigenvalue weighted by atomic mass is 16.6. The van der Waals surface area contributed by atoms with Crippen LogP contribution in [0.25, 0.3) is 0 Å². The maximum absolute atomic E-state index is 11.9. The van der Waals surface area contributed by atoms with E-state index >= 15 is 0 Å². The Kier molecular flexibility index (Phi) is 6.38. The lowest BCUT2D eigenvalue weighted by Crippen LogP contribution is -2.25. The number of carbonyl (C=O) groups excluding carboxylic acids is 1. The lowest BCUT2D eigenvalue weighted by atomic mass is 10.2. The third kappa shape index (κ3) is 4.81. The van der Waals surface area contributed by atoms with Crippen molar-refractivity contribution in [2.45, 2.75) is 19.3 Å². The summed E-state index contributed by atoms with van der Waals surface area (Å²) in [5.41, 5.74) is 5.03. The van der Waals surface area contributed by atoms with Gasteiger partial charge >= 0.3 is 0 Å². The van der Waals surface area contributed by atoms with E-state index in [9.17, 15) is 14.9 Å². The second-order valence-corrected chi connectivity index (χ2v) is 4.19. The molecule has 20 heavy (non-hydrogen) atoms. The molecule has 0 aliphatic carbocycles. The highest BCUT2D eigenvalue weighted by Gasteiger charge is 2.20. The zero-order valence-corrected chi connectivity index (χ0v) is 11.3. The van der Waals surface area contributed by atoms with Gasteiger partial charge in [0.25, 0.3) is 11.6 Å². The largest absolute Gasteiger partial charge is 0.385 e. The average molecular weight is 282 g/mol. The zero-order chi connectivity index (χ0) is 15.0. The Morgan fingerprint density at radius 1 is 1.50 bits per heavy atom. The average Bonchev–Trinajstić information content (AvgIpc) is 2.42. The number of nitrogens with zero attached hydrogens (tertiary/aromatic N) is 2. The SMILES string of the molecule is COCCCCCNC(=O)c1cc(N)ncc1[N+](=O)[O-]. The number of nitro groups is 1. The number of carbonyl (C=O) groups is 1. The minimum atomic E-state index is -0.653. The minimum Gasteiger partial charge on any atom is -0.385 e. The number of hydrogen-bond donors (Lipinski definition) is 2. The fourth-order valence-corrected chi connectivity index (χ4v) is 1.64. The third-order valence-corrected chi connectivity index (χ3v) is 2.66. The number of pyridine rings is 1. The van der Waals surface area contributed by atoms with Crippen molar-refractivity contribution in [2.24, 2.45) is 0 Å². The lowest BCUT2D eigenvalue weighted by molar-refractivity contribution is -0.385. The van der Waals surface area contributed by atoms with Crippen LogP contribution in [0.15, 0.2) is 12.3 Å². The first kappa shape index (κ1) is 15.8. The van der Waals surface area contributed by atoms with E-state index in [4.69, 9.17) is 10.5 Å². The molecule has 0 aliphatic heterocycles. The Bertz CT molecular complexity index is 479. The molecule has 0 aliphatic rings. The fourth-order valence-electron chi connectivity index (χ4n) is 1.64. The number of nitrogens with one attached hydrogen (secondary N) is 1. The number of aromatic nitrogens is 1. The summed E-state index contributed by atoms with van der Waals surface area (Å²) in [5.74, 6) is -0.446. The molecule has 0 bridgehead atoms. The summed E-state index contributed by atoms with van der Waals surface area (Å²) in [6, 6.07) is 1.21. The Labute approximate surface area is 116 Å². The molecular formula is C12H18N4O4. The van der Waals surface area contributed by atoms with Gasteiger partial charge in [0.2, 0.25) is 0 Å². The van der Waals surface area contributed by atoms with Gasteiger partial charge in [0.1, 0.15) is 17.6 Å². The van der Waals surface area contributed by atoms with Gasteiger partial charge < -0.3 is 15.8 Å². The van der Waals surface area contributed by atoms with Gasteiger partial charge in [-0.15, -0.1) is 0 Å². The Morgan fingerprint density at radius 3 is 2.90 bits per heavy atom. The first-order valence-electron chi connectivity index (χ1n) is 6.23. The van der Waals surface area contributed by atoms with Gasteiger partial charge in [0, 0.05) is 20.3 Å². The van der Waals surface area contributed by atoms with E-state index in [0.717, 1.165) is 25.5 Å². The Morgan fingerprint density at radius 2 is 2.25 bits per heavy atom. The summed E-state index contributed by atoms with van der Waals surface area (Å²) in [7, 11) is 1.63. The molecular weight excluding hydrogens is 264 g/mol. The maximum Gasteiger partial charge on any atom is 0.300 e. The van der Waals surface area contributed by atoms with Crippen molar-refractivity contribution >= 4 is 17.4 Å². The first-order valence-corrected chi connectivity index (χ1v) is 6.23. The highest BCUT2D eigenvalue weighted by Crippen LogP contribution is 2.18. The van der Waals surface area contributed by atoms with Crippen molar-refractivity contribution < 1.29 is 14.5 Å². The zero-order valence-electron chi connectivity index (χ0n) is 11.3. The number of rotatable bonds is 8. The highest BCUT2D eigenvalue weighted by molar-refractivity contribution is 5.98. The smallest absolute Gasteiger partial charge is 0.300 e. The standard InChI is InChI=1S/C12H18N4O4/c1-20-6-4-2-3-5-14-12(17)9-7-11(13)15-8-10(9)16(18)19/h7-8H,2-6H2,1H3,(H2,13,15)(H,14,17). The van der Waals surface area contributed by atoms with E-state index < -0.39 is 10.8 Å². The van der Waals surface area contributed by atoms with Gasteiger partial charge in [0.05, 0.1) is 4.92 Å². The summed E-state index contributed by atoms with van der Waals surface area (Å²) in [4.78, 5) is 25.7. The van der Waals surface area contributed by atoms with Crippen molar-refractivity contribution in [2.75, 3.05) is 26.0 Å². The molecule has 3 N–H and O–H groups in total. The van der Waals surface area contributed by atoms with Crippen LogP contribution in [0.5, 0.6) is 0 Å². The molecule has 0 atom stereocenters. The molecule has 8 heteroatoms. The summed E-state index contributed by atoms with van der Waals surface area (Å²) < 4.78 is 4.91. The normalized spacial score (nSPS) is 10.2. The van der Waals surface area contributed by atoms with Gasteiger partial charge in [-0.3, -0.25) is 14.9 Å². The van der Waals surface area contributed by atoms with Gasteiger partial charge in [-0.1, -0.05) is 0 Å². The van der Waals surface area contributed by atoms with Crippen LogP contribution in [0.1, 0.15) is 29.6 Å². The number of ether oxygens (including phenoxy) is 1. The molecule has 1 rings (SSSR count). The van der Waals surface area contributed by atoms with Gasteiger partial charge in [0.15, 0.2) is 0 Å². The first-order chi connectivity index (χ1) is 9.56. The van der Waals surface area contributed by atoms with Gasteiger partial charge in [-0.2, -0.15) is 0 Å². The third-order valence-electron chi connectivity index (χ3n) is 2.66. The summed E-state index contributed by atoms with van der Waals surface area (Å²) in [6.07, 6.45) is 3.59. The van der Waals surface area contributed by atoms with Gasteiger partial charge in [-0.25, -0.2) is 4.98 Å². The summed E-state index contributed by atoms with van der Waals surface area (Å²) in [6.45, 7) is 1.13. The van der Waals surface area contributed by atoms with Crippen LogP contribution >= 0.6 is 0 Å². The molecule has 0 saturated heterocycles. The van der Waals surface area contributed by atoms with Crippen LogP contribution in [0, 0.1) is 10.1 Å². The number of unbranched alkanes of at least 4 members (excludes halogenated alkanes) is 2. The van der Waals surface area contributed by atoms with Crippen LogP contribution in [0.3, 0.4) is 0 Å². The predicted molar refractivity (Wildman–Crippen MR) is 73.4 cm³/mol. The lowest BCUT2D eigenvalue weighted by Gasteiger charge is -2.06. The van der Waals surface area contributed by atoms with Crippen LogP contribution in [-0.4, -0.2) is 36.1 Å². The minimum absolute atomic E-state index is 0.0700. The van der Waals surface area contributed by atoms with E-state index in [1.165, 1.54) is 6.07 Å². The number of nitrogens with two attached hydrogens (primary N) is 1. The van der Waals surface area contributed by atoms with Crippen molar-refractivity contribution in [3.8, 4) is 0 Å². The topological polar surface area (TPSA) is 120 Å². The van der Waals surface area contributed by atoms with Crippen LogP contribution in [-0.2, 0) is 4.74 Å². The molecule has 8 nitrogen and oxygen atoms in total. The maximum atomic E-state index is 11.9. The summed E-state index contributed by atoms with van der Waals surface area (Å²) in [5, 5.41) is 13.4. The molecule has 0 radical (unpaired) electrons. The second-order valence-electron chi connectivity index (χ2n) is 4.19.